The number of benzene rings is 1. The number of hydrogen-bond donors (Lipinski definition) is 1. The molecule has 0 saturated heterocycles. The Balaban J connectivity index is 2.12. The Hall–Kier alpha value is -1.65. The summed E-state index contributed by atoms with van der Waals surface area (Å²) < 4.78 is 5.82. The topological polar surface area (TPSA) is 37.4 Å². The number of nitrogens with one attached hydrogen (secondary N) is 1. The van der Waals surface area contributed by atoms with Crippen LogP contribution >= 0.6 is 0 Å². The summed E-state index contributed by atoms with van der Waals surface area (Å²) in [7, 11) is 4.14. The van der Waals surface area contributed by atoms with Gasteiger partial charge in [0.2, 0.25) is 5.88 Å². The van der Waals surface area contributed by atoms with Crippen molar-refractivity contribution in [2.24, 2.45) is 0 Å². The number of pyridine rings is 1. The van der Waals surface area contributed by atoms with Gasteiger partial charge in [-0.05, 0) is 38.7 Å². The minimum Gasteiger partial charge on any atom is -0.478 e. The zero-order chi connectivity index (χ0) is 15.1. The van der Waals surface area contributed by atoms with Crippen LogP contribution in [0.5, 0.6) is 5.88 Å². The van der Waals surface area contributed by atoms with E-state index < -0.39 is 0 Å². The van der Waals surface area contributed by atoms with Crippen molar-refractivity contribution in [3.05, 3.63) is 35.9 Å². The van der Waals surface area contributed by atoms with Gasteiger partial charge in [0.1, 0.15) is 0 Å². The molecule has 0 aliphatic rings. The van der Waals surface area contributed by atoms with Crippen molar-refractivity contribution in [1.29, 1.82) is 0 Å². The largest absolute Gasteiger partial charge is 0.478 e. The molecule has 4 heteroatoms. The molecule has 0 aliphatic heterocycles. The number of hydrogen-bond acceptors (Lipinski definition) is 4. The fraction of sp³-hybridized carbons (Fsp3) is 0.471. The first-order chi connectivity index (χ1) is 10.2. The minimum absolute atomic E-state index is 0.699. The van der Waals surface area contributed by atoms with Gasteiger partial charge in [-0.3, -0.25) is 0 Å². The maximum absolute atomic E-state index is 5.82. The Bertz CT molecular complexity index is 569. The van der Waals surface area contributed by atoms with Crippen molar-refractivity contribution in [2.75, 3.05) is 33.8 Å². The SMILES string of the molecule is CCNCc1cc(OCCCN(C)C)nc2ccccc12. The summed E-state index contributed by atoms with van der Waals surface area (Å²) in [5.41, 5.74) is 2.24. The van der Waals surface area contributed by atoms with Crippen LogP contribution in [0.2, 0.25) is 0 Å². The lowest BCUT2D eigenvalue weighted by Gasteiger charge is -2.12. The normalized spacial score (nSPS) is 11.2. The number of fused-ring (bicyclic) bond motifs is 1. The Morgan fingerprint density at radius 3 is 2.81 bits per heavy atom. The summed E-state index contributed by atoms with van der Waals surface area (Å²) in [5.74, 6) is 0.723. The van der Waals surface area contributed by atoms with Crippen LogP contribution in [-0.2, 0) is 6.54 Å². The second-order valence-electron chi connectivity index (χ2n) is 5.42. The van der Waals surface area contributed by atoms with E-state index in [-0.39, 0.29) is 0 Å². The highest BCUT2D eigenvalue weighted by molar-refractivity contribution is 5.82. The number of ether oxygens (including phenoxy) is 1. The van der Waals surface area contributed by atoms with E-state index in [1.54, 1.807) is 0 Å². The van der Waals surface area contributed by atoms with Gasteiger partial charge in [-0.15, -0.1) is 0 Å². The quantitative estimate of drug-likeness (QED) is 0.758. The summed E-state index contributed by atoms with van der Waals surface area (Å²) in [6, 6.07) is 10.3. The van der Waals surface area contributed by atoms with Crippen molar-refractivity contribution in [1.82, 2.24) is 15.2 Å². The summed E-state index contributed by atoms with van der Waals surface area (Å²) in [6.07, 6.45) is 1.00. The lowest BCUT2D eigenvalue weighted by atomic mass is 10.1. The zero-order valence-corrected chi connectivity index (χ0v) is 13.2. The fourth-order valence-electron chi connectivity index (χ4n) is 2.26. The molecular weight excluding hydrogens is 262 g/mol. The van der Waals surface area contributed by atoms with Crippen LogP contribution in [0.15, 0.2) is 30.3 Å². The molecule has 0 atom stereocenters. The molecule has 1 aromatic heterocycles. The van der Waals surface area contributed by atoms with Gasteiger partial charge in [-0.1, -0.05) is 25.1 Å². The maximum Gasteiger partial charge on any atom is 0.214 e. The molecule has 0 radical (unpaired) electrons. The third kappa shape index (κ3) is 4.69. The van der Waals surface area contributed by atoms with Crippen LogP contribution in [0.3, 0.4) is 0 Å². The fourth-order valence-corrected chi connectivity index (χ4v) is 2.26. The van der Waals surface area contributed by atoms with E-state index in [1.165, 1.54) is 10.9 Å². The zero-order valence-electron chi connectivity index (χ0n) is 13.2. The van der Waals surface area contributed by atoms with E-state index >= 15 is 0 Å². The molecule has 1 heterocycles. The van der Waals surface area contributed by atoms with Gasteiger partial charge >= 0.3 is 0 Å². The first-order valence-electron chi connectivity index (χ1n) is 7.57. The van der Waals surface area contributed by atoms with Crippen molar-refractivity contribution in [2.45, 2.75) is 19.9 Å². The summed E-state index contributed by atoms with van der Waals surface area (Å²) in [4.78, 5) is 6.76. The molecular formula is C17H25N3O. The van der Waals surface area contributed by atoms with Gasteiger partial charge in [0.25, 0.3) is 0 Å². The Morgan fingerprint density at radius 2 is 2.05 bits per heavy atom. The number of para-hydroxylation sites is 1. The van der Waals surface area contributed by atoms with E-state index in [1.807, 2.05) is 12.1 Å². The summed E-state index contributed by atoms with van der Waals surface area (Å²) in [5, 5.41) is 4.57. The van der Waals surface area contributed by atoms with Gasteiger partial charge in [0.05, 0.1) is 12.1 Å². The van der Waals surface area contributed by atoms with Crippen molar-refractivity contribution < 1.29 is 4.74 Å². The number of rotatable bonds is 8. The smallest absolute Gasteiger partial charge is 0.214 e. The van der Waals surface area contributed by atoms with E-state index in [2.05, 4.69) is 54.4 Å². The standard InChI is InChI=1S/C17H25N3O/c1-4-18-13-14-12-17(21-11-7-10-20(2)3)19-16-9-6-5-8-15(14)16/h5-6,8-9,12,18H,4,7,10-11,13H2,1-3H3. The average Bonchev–Trinajstić information content (AvgIpc) is 2.49. The highest BCUT2D eigenvalue weighted by Crippen LogP contribution is 2.22. The van der Waals surface area contributed by atoms with Crippen molar-refractivity contribution in [3.63, 3.8) is 0 Å². The molecule has 21 heavy (non-hydrogen) atoms. The molecule has 1 aromatic carbocycles. The highest BCUT2D eigenvalue weighted by Gasteiger charge is 2.06. The minimum atomic E-state index is 0.699. The van der Waals surface area contributed by atoms with E-state index in [0.717, 1.165) is 37.5 Å². The Labute approximate surface area is 127 Å². The molecule has 0 fully saturated rings. The van der Waals surface area contributed by atoms with Crippen LogP contribution in [-0.4, -0.2) is 43.7 Å². The first kappa shape index (κ1) is 15.7. The second kappa shape index (κ2) is 7.96. The second-order valence-corrected chi connectivity index (χ2v) is 5.42. The molecule has 0 amide bonds. The molecule has 0 spiro atoms. The Morgan fingerprint density at radius 1 is 1.24 bits per heavy atom. The van der Waals surface area contributed by atoms with Crippen LogP contribution in [0.25, 0.3) is 10.9 Å². The molecule has 0 unspecified atom stereocenters. The first-order valence-corrected chi connectivity index (χ1v) is 7.57. The third-order valence-electron chi connectivity index (χ3n) is 3.34. The lowest BCUT2D eigenvalue weighted by molar-refractivity contribution is 0.274. The van der Waals surface area contributed by atoms with Gasteiger partial charge in [0.15, 0.2) is 0 Å². The van der Waals surface area contributed by atoms with Gasteiger partial charge in [0, 0.05) is 24.5 Å². The molecule has 4 nitrogen and oxygen atoms in total. The third-order valence-corrected chi connectivity index (χ3v) is 3.34. The predicted molar refractivity (Wildman–Crippen MR) is 87.8 cm³/mol. The van der Waals surface area contributed by atoms with Crippen molar-refractivity contribution >= 4 is 10.9 Å². The predicted octanol–water partition coefficient (Wildman–Crippen LogP) is 2.67. The van der Waals surface area contributed by atoms with Crippen LogP contribution in [0.1, 0.15) is 18.9 Å². The monoisotopic (exact) mass is 287 g/mol. The molecule has 1 N–H and O–H groups in total. The molecule has 0 aliphatic carbocycles. The van der Waals surface area contributed by atoms with Crippen LogP contribution < -0.4 is 10.1 Å². The highest BCUT2D eigenvalue weighted by atomic mass is 16.5. The summed E-state index contributed by atoms with van der Waals surface area (Å²) >= 11 is 0. The molecule has 2 aromatic rings. The lowest BCUT2D eigenvalue weighted by Crippen LogP contribution is -2.16. The van der Waals surface area contributed by atoms with Gasteiger partial charge < -0.3 is 15.0 Å². The van der Waals surface area contributed by atoms with Gasteiger partial charge in [-0.2, -0.15) is 0 Å². The van der Waals surface area contributed by atoms with E-state index in [9.17, 15) is 0 Å². The molecule has 114 valence electrons. The van der Waals surface area contributed by atoms with E-state index in [4.69, 9.17) is 4.74 Å². The number of nitrogens with zero attached hydrogens (tertiary/aromatic N) is 2. The van der Waals surface area contributed by atoms with Crippen molar-refractivity contribution in [3.8, 4) is 5.88 Å². The molecule has 0 saturated carbocycles. The summed E-state index contributed by atoms with van der Waals surface area (Å²) in [6.45, 7) is 5.63. The Kier molecular flexibility index (Phi) is 5.96. The van der Waals surface area contributed by atoms with Crippen LogP contribution in [0, 0.1) is 0 Å². The van der Waals surface area contributed by atoms with E-state index in [0.29, 0.717) is 6.61 Å². The van der Waals surface area contributed by atoms with Crippen LogP contribution in [0.4, 0.5) is 0 Å². The maximum atomic E-state index is 5.82. The van der Waals surface area contributed by atoms with Gasteiger partial charge in [-0.25, -0.2) is 4.98 Å². The molecule has 0 bridgehead atoms. The average molecular weight is 287 g/mol. The number of aromatic nitrogens is 1. The molecule has 2 rings (SSSR count).